The number of carbonyl (C=O) groups excluding carboxylic acids is 4. The van der Waals surface area contributed by atoms with Crippen LogP contribution in [-0.4, -0.2) is 47.1 Å². The van der Waals surface area contributed by atoms with Gasteiger partial charge in [0.25, 0.3) is 5.91 Å². The molecule has 0 bridgehead atoms. The molecule has 3 rings (SSSR count). The fourth-order valence-electron chi connectivity index (χ4n) is 3.11. The third kappa shape index (κ3) is 2.64. The van der Waals surface area contributed by atoms with Crippen molar-refractivity contribution in [3.8, 4) is 0 Å². The van der Waals surface area contributed by atoms with Gasteiger partial charge in [0.1, 0.15) is 5.71 Å². The minimum Gasteiger partial charge on any atom is -0.464 e. The SMILES string of the molecule is COC(=O)C1=NN(C(C)=O)[C@@]2(CC(=O)N(c3cccc(Br)c3)C2=O)C1. The maximum absolute atomic E-state index is 13.1. The van der Waals surface area contributed by atoms with E-state index in [-0.39, 0.29) is 18.6 Å². The first-order valence-corrected chi connectivity index (χ1v) is 8.19. The summed E-state index contributed by atoms with van der Waals surface area (Å²) in [4.78, 5) is 50.5. The molecule has 3 amide bonds. The van der Waals surface area contributed by atoms with Crippen molar-refractivity contribution in [1.29, 1.82) is 0 Å². The number of halogens is 1. The molecular weight excluding hydrogens is 394 g/mol. The van der Waals surface area contributed by atoms with Gasteiger partial charge >= 0.3 is 5.97 Å². The Hall–Kier alpha value is -2.55. The summed E-state index contributed by atoms with van der Waals surface area (Å²) in [5.74, 6) is -2.32. The molecule has 0 aromatic heterocycles. The molecule has 2 aliphatic rings. The average molecular weight is 408 g/mol. The second-order valence-corrected chi connectivity index (χ2v) is 6.68. The number of nitrogens with zero attached hydrogens (tertiary/aromatic N) is 3. The number of carbonyl (C=O) groups is 4. The molecule has 0 radical (unpaired) electrons. The van der Waals surface area contributed by atoms with E-state index in [1.165, 1.54) is 14.0 Å². The van der Waals surface area contributed by atoms with Gasteiger partial charge in [-0.1, -0.05) is 22.0 Å². The molecule has 9 heteroatoms. The molecule has 0 aliphatic carbocycles. The standard InChI is InChI=1S/C16H14BrN3O5/c1-9(21)20-16(7-12(18-20)14(23)25-2)8-13(22)19(15(16)24)11-5-3-4-10(17)6-11/h3-6H,7-8H2,1-2H3/t16-/m1/s1. The Kier molecular flexibility index (Phi) is 4.19. The highest BCUT2D eigenvalue weighted by atomic mass is 79.9. The Morgan fingerprint density at radius 2 is 2.00 bits per heavy atom. The molecular formula is C16H14BrN3O5. The predicted molar refractivity (Wildman–Crippen MR) is 90.6 cm³/mol. The molecule has 1 fully saturated rings. The maximum atomic E-state index is 13.1. The summed E-state index contributed by atoms with van der Waals surface area (Å²) >= 11 is 3.30. The van der Waals surface area contributed by atoms with E-state index in [9.17, 15) is 19.2 Å². The molecule has 2 heterocycles. The van der Waals surface area contributed by atoms with Crippen LogP contribution in [0.5, 0.6) is 0 Å². The summed E-state index contributed by atoms with van der Waals surface area (Å²) in [6, 6.07) is 6.71. The quantitative estimate of drug-likeness (QED) is 0.542. The Morgan fingerprint density at radius 1 is 1.28 bits per heavy atom. The van der Waals surface area contributed by atoms with Crippen LogP contribution in [0.4, 0.5) is 5.69 Å². The molecule has 1 spiro atoms. The van der Waals surface area contributed by atoms with Crippen LogP contribution in [0.2, 0.25) is 0 Å². The number of esters is 1. The Labute approximate surface area is 151 Å². The van der Waals surface area contributed by atoms with Crippen molar-refractivity contribution in [3.63, 3.8) is 0 Å². The highest BCUT2D eigenvalue weighted by Crippen LogP contribution is 2.40. The van der Waals surface area contributed by atoms with Crippen LogP contribution in [0.25, 0.3) is 0 Å². The minimum absolute atomic E-state index is 0.0602. The average Bonchev–Trinajstić information content (AvgIpc) is 3.06. The van der Waals surface area contributed by atoms with Gasteiger partial charge in [-0.15, -0.1) is 0 Å². The molecule has 25 heavy (non-hydrogen) atoms. The van der Waals surface area contributed by atoms with Crippen LogP contribution in [-0.2, 0) is 23.9 Å². The molecule has 0 saturated carbocycles. The third-order valence-electron chi connectivity index (χ3n) is 4.17. The van der Waals surface area contributed by atoms with E-state index in [0.717, 1.165) is 9.91 Å². The van der Waals surface area contributed by atoms with Crippen molar-refractivity contribution in [2.75, 3.05) is 12.0 Å². The largest absolute Gasteiger partial charge is 0.464 e. The summed E-state index contributed by atoms with van der Waals surface area (Å²) in [5.41, 5.74) is -1.19. The van der Waals surface area contributed by atoms with Crippen LogP contribution in [0.1, 0.15) is 19.8 Å². The first-order chi connectivity index (χ1) is 11.8. The van der Waals surface area contributed by atoms with Crippen molar-refractivity contribution in [2.45, 2.75) is 25.3 Å². The van der Waals surface area contributed by atoms with Crippen molar-refractivity contribution in [1.82, 2.24) is 5.01 Å². The van der Waals surface area contributed by atoms with Crippen LogP contribution >= 0.6 is 15.9 Å². The summed E-state index contributed by atoms with van der Waals surface area (Å²) in [5, 5.41) is 4.87. The van der Waals surface area contributed by atoms with Gasteiger partial charge in [-0.2, -0.15) is 5.10 Å². The Balaban J connectivity index is 2.03. The van der Waals surface area contributed by atoms with E-state index in [4.69, 9.17) is 0 Å². The van der Waals surface area contributed by atoms with Crippen molar-refractivity contribution >= 4 is 51.0 Å². The zero-order chi connectivity index (χ0) is 18.4. The van der Waals surface area contributed by atoms with Crippen LogP contribution in [0, 0.1) is 0 Å². The second-order valence-electron chi connectivity index (χ2n) is 5.77. The molecule has 130 valence electrons. The van der Waals surface area contributed by atoms with Gasteiger partial charge in [0, 0.05) is 17.8 Å². The number of imide groups is 1. The zero-order valence-corrected chi connectivity index (χ0v) is 15.1. The number of hydrogen-bond acceptors (Lipinski definition) is 6. The van der Waals surface area contributed by atoms with E-state index >= 15 is 0 Å². The van der Waals surface area contributed by atoms with Gasteiger partial charge in [0.05, 0.1) is 19.2 Å². The number of methoxy groups -OCH3 is 1. The van der Waals surface area contributed by atoms with E-state index in [1.807, 2.05) is 0 Å². The van der Waals surface area contributed by atoms with Crippen molar-refractivity contribution in [2.24, 2.45) is 5.10 Å². The summed E-state index contributed by atoms with van der Waals surface area (Å²) in [6.07, 6.45) is -0.406. The van der Waals surface area contributed by atoms with Crippen LogP contribution < -0.4 is 4.90 Å². The lowest BCUT2D eigenvalue weighted by atomic mass is 9.91. The summed E-state index contributed by atoms with van der Waals surface area (Å²) in [6.45, 7) is 1.23. The summed E-state index contributed by atoms with van der Waals surface area (Å²) < 4.78 is 5.33. The van der Waals surface area contributed by atoms with Gasteiger partial charge in [0.2, 0.25) is 11.8 Å². The minimum atomic E-state index is -1.52. The van der Waals surface area contributed by atoms with Crippen molar-refractivity contribution < 1.29 is 23.9 Å². The highest BCUT2D eigenvalue weighted by molar-refractivity contribution is 9.10. The monoisotopic (exact) mass is 407 g/mol. The van der Waals surface area contributed by atoms with E-state index < -0.39 is 29.2 Å². The molecule has 8 nitrogen and oxygen atoms in total. The van der Waals surface area contributed by atoms with Crippen LogP contribution in [0.15, 0.2) is 33.8 Å². The molecule has 1 aromatic rings. The number of benzene rings is 1. The van der Waals surface area contributed by atoms with E-state index in [1.54, 1.807) is 24.3 Å². The Bertz CT molecular complexity index is 837. The highest BCUT2D eigenvalue weighted by Gasteiger charge is 2.61. The van der Waals surface area contributed by atoms with Crippen LogP contribution in [0.3, 0.4) is 0 Å². The molecule has 1 atom stereocenters. The van der Waals surface area contributed by atoms with E-state index in [2.05, 4.69) is 25.8 Å². The van der Waals surface area contributed by atoms with Gasteiger partial charge < -0.3 is 4.74 Å². The van der Waals surface area contributed by atoms with Gasteiger partial charge in [-0.25, -0.2) is 14.7 Å². The second kappa shape index (κ2) is 6.07. The fraction of sp³-hybridized carbons (Fsp3) is 0.312. The number of amides is 3. The molecule has 1 saturated heterocycles. The fourth-order valence-corrected chi connectivity index (χ4v) is 3.50. The van der Waals surface area contributed by atoms with Gasteiger partial charge in [-0.3, -0.25) is 14.4 Å². The molecule has 0 unspecified atom stereocenters. The number of rotatable bonds is 2. The van der Waals surface area contributed by atoms with Gasteiger partial charge in [-0.05, 0) is 18.2 Å². The number of hydrazone groups is 1. The van der Waals surface area contributed by atoms with Crippen molar-refractivity contribution in [3.05, 3.63) is 28.7 Å². The molecule has 1 aromatic carbocycles. The predicted octanol–water partition coefficient (Wildman–Crippen LogP) is 1.23. The topological polar surface area (TPSA) is 96.3 Å². The lowest BCUT2D eigenvalue weighted by Gasteiger charge is -2.28. The smallest absolute Gasteiger partial charge is 0.354 e. The van der Waals surface area contributed by atoms with E-state index in [0.29, 0.717) is 10.2 Å². The van der Waals surface area contributed by atoms with Gasteiger partial charge in [0.15, 0.2) is 5.54 Å². The normalized spacial score (nSPS) is 22.6. The maximum Gasteiger partial charge on any atom is 0.354 e. The number of hydrogen-bond donors (Lipinski definition) is 0. The lowest BCUT2D eigenvalue weighted by molar-refractivity contribution is -0.141. The first-order valence-electron chi connectivity index (χ1n) is 7.40. The Morgan fingerprint density at radius 3 is 2.60 bits per heavy atom. The summed E-state index contributed by atoms with van der Waals surface area (Å²) in [7, 11) is 1.18. The molecule has 2 aliphatic heterocycles. The lowest BCUT2D eigenvalue weighted by Crippen LogP contribution is -2.51. The molecule has 0 N–H and O–H groups in total. The first kappa shape index (κ1) is 17.3. The number of ether oxygens (including phenoxy) is 1. The number of anilines is 1. The third-order valence-corrected chi connectivity index (χ3v) is 4.66. The zero-order valence-electron chi connectivity index (χ0n) is 13.5.